The van der Waals surface area contributed by atoms with Gasteiger partial charge in [-0.25, -0.2) is 4.79 Å². The number of ether oxygens (including phenoxy) is 5. The summed E-state index contributed by atoms with van der Waals surface area (Å²) in [4.78, 5) is 13.2. The predicted molar refractivity (Wildman–Crippen MR) is 118 cm³/mol. The van der Waals surface area contributed by atoms with E-state index in [1.165, 1.54) is 0 Å². The van der Waals surface area contributed by atoms with Crippen LogP contribution in [0.25, 0.3) is 0 Å². The Balaban J connectivity index is 1.58. The Labute approximate surface area is 195 Å². The lowest BCUT2D eigenvalue weighted by atomic mass is 9.66. The zero-order valence-corrected chi connectivity index (χ0v) is 19.8. The molecule has 0 unspecified atom stereocenters. The van der Waals surface area contributed by atoms with Crippen molar-refractivity contribution in [1.82, 2.24) is 0 Å². The Hall–Kier alpha value is -0.980. The second-order valence-corrected chi connectivity index (χ2v) is 10.1. The van der Waals surface area contributed by atoms with E-state index in [4.69, 9.17) is 23.7 Å². The minimum Gasteiger partial charge on any atom is -0.497 e. The highest BCUT2D eigenvalue weighted by Gasteiger charge is 2.70. The van der Waals surface area contributed by atoms with Gasteiger partial charge in [0.2, 0.25) is 0 Å². The third-order valence-corrected chi connectivity index (χ3v) is 8.44. The van der Waals surface area contributed by atoms with E-state index in [0.29, 0.717) is 19.6 Å². The van der Waals surface area contributed by atoms with Crippen molar-refractivity contribution in [2.45, 2.75) is 66.4 Å². The molecule has 0 radical (unpaired) electrons. The smallest absolute Gasteiger partial charge is 0.339 e. The van der Waals surface area contributed by atoms with E-state index in [9.17, 15) is 15.0 Å². The molecule has 1 aromatic carbocycles. The van der Waals surface area contributed by atoms with Crippen LogP contribution in [0.1, 0.15) is 31.7 Å². The number of rotatable bonds is 7. The molecule has 2 N–H and O–H groups in total. The first-order valence-electron chi connectivity index (χ1n) is 10.5. The summed E-state index contributed by atoms with van der Waals surface area (Å²) in [7, 11) is 1.60. The second-order valence-electron chi connectivity index (χ2n) is 8.55. The van der Waals surface area contributed by atoms with Crippen molar-refractivity contribution in [3.05, 3.63) is 29.8 Å². The molecule has 172 valence electrons. The van der Waals surface area contributed by atoms with Crippen LogP contribution in [0.3, 0.4) is 0 Å². The van der Waals surface area contributed by atoms with Crippen LogP contribution in [-0.4, -0.2) is 70.1 Å². The van der Waals surface area contributed by atoms with Crippen LogP contribution < -0.4 is 4.74 Å². The molecule has 0 bridgehead atoms. The molecule has 6 atom stereocenters. The lowest BCUT2D eigenvalue weighted by molar-refractivity contribution is -0.184. The van der Waals surface area contributed by atoms with Crippen molar-refractivity contribution in [3.63, 3.8) is 0 Å². The van der Waals surface area contributed by atoms with Gasteiger partial charge in [-0.15, -0.1) is 0 Å². The molecular formula is C22H29IO8. The molecule has 2 heterocycles. The molecule has 1 aliphatic carbocycles. The highest BCUT2D eigenvalue weighted by atomic mass is 127. The largest absolute Gasteiger partial charge is 0.497 e. The van der Waals surface area contributed by atoms with Crippen LogP contribution in [0, 0.1) is 5.92 Å². The maximum atomic E-state index is 13.2. The number of carbonyl (C=O) groups excluding carboxylic acids is 1. The van der Waals surface area contributed by atoms with Gasteiger partial charge in [-0.3, -0.25) is 0 Å². The fraction of sp³-hybridized carbons (Fsp3) is 0.682. The number of carbonyl (C=O) groups is 1. The number of cyclic esters (lactones) is 1. The maximum Gasteiger partial charge on any atom is 0.339 e. The first kappa shape index (κ1) is 23.2. The normalized spacial score (nSPS) is 36.8. The van der Waals surface area contributed by atoms with Crippen LogP contribution in [0.4, 0.5) is 0 Å². The summed E-state index contributed by atoms with van der Waals surface area (Å²) in [6.07, 6.45) is -1.44. The fourth-order valence-electron chi connectivity index (χ4n) is 4.93. The molecular weight excluding hydrogens is 519 g/mol. The maximum absolute atomic E-state index is 13.2. The average Bonchev–Trinajstić information content (AvgIpc) is 3.35. The van der Waals surface area contributed by atoms with E-state index in [1.54, 1.807) is 14.0 Å². The number of halogens is 1. The van der Waals surface area contributed by atoms with Crippen LogP contribution in [-0.2, 0) is 30.3 Å². The van der Waals surface area contributed by atoms with Crippen molar-refractivity contribution in [2.75, 3.05) is 20.3 Å². The summed E-state index contributed by atoms with van der Waals surface area (Å²) in [6, 6.07) is 7.39. The minimum atomic E-state index is -1.33. The molecule has 1 saturated carbocycles. The summed E-state index contributed by atoms with van der Waals surface area (Å²) < 4.78 is 28.3. The standard InChI is InChI=1S/C22H29IO8/c1-21(16(23)11-17-28-9-10-29-17)19-18(25)15(24)7-8-22(19,20(26)31-21)30-12-13-3-5-14(27-2)6-4-13/h3-6,15-19,24-25H,7-12H2,1-2H3/t15-,16-,18-,19-,21-,22-/m1/s1. The number of hydrogen-bond acceptors (Lipinski definition) is 8. The molecule has 0 amide bonds. The number of methoxy groups -OCH3 is 1. The van der Waals surface area contributed by atoms with Crippen LogP contribution in [0.15, 0.2) is 24.3 Å². The Bertz CT molecular complexity index is 782. The third-order valence-electron chi connectivity index (χ3n) is 6.69. The van der Waals surface area contributed by atoms with E-state index in [2.05, 4.69) is 22.6 Å². The minimum absolute atomic E-state index is 0.176. The van der Waals surface area contributed by atoms with E-state index in [0.717, 1.165) is 11.3 Å². The van der Waals surface area contributed by atoms with Gasteiger partial charge in [0.05, 0.1) is 49.0 Å². The monoisotopic (exact) mass is 548 g/mol. The van der Waals surface area contributed by atoms with Gasteiger partial charge in [-0.2, -0.15) is 0 Å². The number of fused-ring (bicyclic) bond motifs is 1. The summed E-state index contributed by atoms with van der Waals surface area (Å²) >= 11 is 2.22. The van der Waals surface area contributed by atoms with E-state index in [1.807, 2.05) is 24.3 Å². The van der Waals surface area contributed by atoms with Crippen molar-refractivity contribution in [2.24, 2.45) is 5.92 Å². The molecule has 2 saturated heterocycles. The van der Waals surface area contributed by atoms with Gasteiger partial charge >= 0.3 is 5.97 Å². The van der Waals surface area contributed by atoms with E-state index >= 15 is 0 Å². The molecule has 4 rings (SSSR count). The van der Waals surface area contributed by atoms with Crippen molar-refractivity contribution < 1.29 is 38.7 Å². The Morgan fingerprint density at radius 2 is 1.90 bits per heavy atom. The molecule has 0 aromatic heterocycles. The average molecular weight is 548 g/mol. The van der Waals surface area contributed by atoms with Gasteiger partial charge in [0.15, 0.2) is 11.9 Å². The SMILES string of the molecule is COc1ccc(CO[C@]23CC[C@@H](O)[C@@H](O)[C@@H]2[C@@](C)([C@H](I)CC2OCCO2)OC3=O)cc1. The highest BCUT2D eigenvalue weighted by molar-refractivity contribution is 14.1. The summed E-state index contributed by atoms with van der Waals surface area (Å²) in [6.45, 7) is 3.05. The number of hydrogen-bond donors (Lipinski definition) is 2. The molecule has 2 aliphatic heterocycles. The Kier molecular flexibility index (Phi) is 6.81. The first-order chi connectivity index (χ1) is 14.8. The number of aliphatic hydroxyl groups is 2. The Morgan fingerprint density at radius 3 is 2.55 bits per heavy atom. The van der Waals surface area contributed by atoms with E-state index in [-0.39, 0.29) is 29.7 Å². The number of benzene rings is 1. The number of esters is 1. The van der Waals surface area contributed by atoms with Gasteiger partial charge < -0.3 is 33.9 Å². The van der Waals surface area contributed by atoms with Crippen LogP contribution >= 0.6 is 22.6 Å². The van der Waals surface area contributed by atoms with Gasteiger partial charge in [0, 0.05) is 6.42 Å². The fourth-order valence-corrected chi connectivity index (χ4v) is 5.86. The van der Waals surface area contributed by atoms with Crippen LogP contribution in [0.2, 0.25) is 0 Å². The summed E-state index contributed by atoms with van der Waals surface area (Å²) in [5, 5.41) is 21.4. The lowest BCUT2D eigenvalue weighted by Gasteiger charge is -2.46. The predicted octanol–water partition coefficient (Wildman–Crippen LogP) is 1.96. The first-order valence-corrected chi connectivity index (χ1v) is 11.8. The zero-order valence-electron chi connectivity index (χ0n) is 17.7. The quantitative estimate of drug-likeness (QED) is 0.303. The van der Waals surface area contributed by atoms with Crippen molar-refractivity contribution in [1.29, 1.82) is 0 Å². The molecule has 3 aliphatic rings. The van der Waals surface area contributed by atoms with E-state index < -0.39 is 35.3 Å². The molecule has 8 nitrogen and oxygen atoms in total. The van der Waals surface area contributed by atoms with Gasteiger partial charge in [0.25, 0.3) is 0 Å². The van der Waals surface area contributed by atoms with Gasteiger partial charge in [0.1, 0.15) is 11.4 Å². The topological polar surface area (TPSA) is 104 Å². The molecule has 3 fully saturated rings. The van der Waals surface area contributed by atoms with Crippen molar-refractivity contribution >= 4 is 28.6 Å². The third kappa shape index (κ3) is 4.20. The molecule has 0 spiro atoms. The van der Waals surface area contributed by atoms with Gasteiger partial charge in [-0.1, -0.05) is 34.7 Å². The lowest BCUT2D eigenvalue weighted by Crippen LogP contribution is -2.61. The zero-order chi connectivity index (χ0) is 22.2. The summed E-state index contributed by atoms with van der Waals surface area (Å²) in [5.74, 6) is -0.486. The summed E-state index contributed by atoms with van der Waals surface area (Å²) in [5.41, 5.74) is -1.50. The second kappa shape index (κ2) is 9.11. The van der Waals surface area contributed by atoms with Crippen LogP contribution in [0.5, 0.6) is 5.75 Å². The highest BCUT2D eigenvalue weighted by Crippen LogP contribution is 2.54. The van der Waals surface area contributed by atoms with Gasteiger partial charge in [-0.05, 0) is 37.5 Å². The molecule has 9 heteroatoms. The van der Waals surface area contributed by atoms with Crippen molar-refractivity contribution in [3.8, 4) is 5.75 Å². The number of aliphatic hydroxyl groups excluding tert-OH is 2. The molecule has 31 heavy (non-hydrogen) atoms. The molecule has 1 aromatic rings. The number of alkyl halides is 1. The Morgan fingerprint density at radius 1 is 1.23 bits per heavy atom.